The van der Waals surface area contributed by atoms with Gasteiger partial charge in [0.2, 0.25) is 0 Å². The molecule has 0 aliphatic rings. The van der Waals surface area contributed by atoms with Crippen LogP contribution in [-0.4, -0.2) is 83.9 Å². The van der Waals surface area contributed by atoms with Crippen LogP contribution in [-0.2, 0) is 9.59 Å². The van der Waals surface area contributed by atoms with Crippen molar-refractivity contribution >= 4 is 73.7 Å². The molecule has 0 unspecified atom stereocenters. The summed E-state index contributed by atoms with van der Waals surface area (Å²) in [5, 5.41) is 13.5. The Hall–Kier alpha value is 0.966. The third-order valence-corrected chi connectivity index (χ3v) is 0. The van der Waals surface area contributed by atoms with Gasteiger partial charge in [-0.1, -0.05) is 12.9 Å². The molecule has 40 valence electrons. The molecule has 0 fully saturated rings. The van der Waals surface area contributed by atoms with Gasteiger partial charge in [0.1, 0.15) is 0 Å². The normalized spacial score (nSPS) is 3.00. The van der Waals surface area contributed by atoms with Crippen molar-refractivity contribution < 1.29 is 19.8 Å². The average Bonchev–Trinajstić information content (AvgIpc) is 1.39. The first-order valence-electron chi connectivity index (χ1n) is 0.855. The number of aliphatic hydroxyl groups excluding tert-OH is 2. The fraction of sp³-hybridized carbons (Fsp3) is 0. The quantitative estimate of drug-likeness (QED) is 0.312. The van der Waals surface area contributed by atoms with Gasteiger partial charge in [-0.05, 0) is 0 Å². The van der Waals surface area contributed by atoms with E-state index in [1.54, 1.807) is 0 Å². The Morgan fingerprint density at radius 1 is 1.00 bits per heavy atom. The largest absolute Gasteiger partial charge is 2.00 e. The van der Waals surface area contributed by atoms with Gasteiger partial charge >= 0.3 is 60.8 Å². The molecular weight excluding hydrogens is 152 g/mol. The minimum absolute atomic E-state index is 0. The molecule has 0 heterocycles. The molecule has 0 saturated heterocycles. The molecule has 0 radical (unpaired) electrons. The second kappa shape index (κ2) is 43.9. The SMILES string of the molecule is O=[C-]O.O=[C-]O.[CaH2].[Mg+2]. The Morgan fingerprint density at radius 2 is 1.00 bits per heavy atom. The van der Waals surface area contributed by atoms with Gasteiger partial charge in [0.15, 0.2) is 0 Å². The molecule has 0 bridgehead atoms. The van der Waals surface area contributed by atoms with Crippen LogP contribution in [0.3, 0.4) is 0 Å². The zero-order valence-corrected chi connectivity index (χ0v) is 4.83. The minimum atomic E-state index is 0. The smallest absolute Gasteiger partial charge is 2.00 e. The van der Waals surface area contributed by atoms with Crippen LogP contribution in [0.15, 0.2) is 0 Å². The van der Waals surface area contributed by atoms with E-state index in [0.717, 1.165) is 0 Å². The van der Waals surface area contributed by atoms with Gasteiger partial charge < -0.3 is 19.8 Å². The summed E-state index contributed by atoms with van der Waals surface area (Å²) in [6.07, 6.45) is 0. The molecule has 0 amide bonds. The van der Waals surface area contributed by atoms with Gasteiger partial charge in [0.05, 0.1) is 0 Å². The van der Waals surface area contributed by atoms with E-state index in [1.807, 2.05) is 0 Å². The minimum Gasteiger partial charge on any atom is 2.00 e. The van der Waals surface area contributed by atoms with Crippen LogP contribution in [0.5, 0.6) is 0 Å². The van der Waals surface area contributed by atoms with Crippen LogP contribution in [0, 0.1) is 0 Å². The predicted molar refractivity (Wildman–Crippen MR) is 30.9 cm³/mol. The monoisotopic (exact) mass is 156 g/mol. The first-order chi connectivity index (χ1) is 2.83. The van der Waals surface area contributed by atoms with Gasteiger partial charge in [-0.3, -0.25) is 0 Å². The van der Waals surface area contributed by atoms with E-state index < -0.39 is 0 Å². The van der Waals surface area contributed by atoms with E-state index in [0.29, 0.717) is 12.9 Å². The van der Waals surface area contributed by atoms with Crippen LogP contribution < -0.4 is 0 Å². The van der Waals surface area contributed by atoms with E-state index in [9.17, 15) is 0 Å². The summed E-state index contributed by atoms with van der Waals surface area (Å²) in [6, 6.07) is 0. The van der Waals surface area contributed by atoms with E-state index in [-0.39, 0.29) is 60.8 Å². The van der Waals surface area contributed by atoms with E-state index in [1.165, 1.54) is 0 Å². The van der Waals surface area contributed by atoms with Crippen LogP contribution in [0.2, 0.25) is 0 Å². The summed E-state index contributed by atoms with van der Waals surface area (Å²) >= 11 is 0. The van der Waals surface area contributed by atoms with Crippen LogP contribution in [0.1, 0.15) is 0 Å². The molecule has 0 aromatic rings. The second-order valence-electron chi connectivity index (χ2n) is 0.183. The van der Waals surface area contributed by atoms with Gasteiger partial charge in [-0.25, -0.2) is 0 Å². The second-order valence-corrected chi connectivity index (χ2v) is 0.183. The summed E-state index contributed by atoms with van der Waals surface area (Å²) in [5.74, 6) is 0. The van der Waals surface area contributed by atoms with E-state index in [2.05, 4.69) is 0 Å². The van der Waals surface area contributed by atoms with Crippen LogP contribution >= 0.6 is 0 Å². The molecule has 0 aromatic heterocycles. The van der Waals surface area contributed by atoms with Gasteiger partial charge in [-0.2, -0.15) is 0 Å². The molecule has 0 spiro atoms. The summed E-state index contributed by atoms with van der Waals surface area (Å²) in [4.78, 5) is 16.5. The summed E-state index contributed by atoms with van der Waals surface area (Å²) in [6.45, 7) is 1.00. The third-order valence-electron chi connectivity index (χ3n) is 0. The molecular formula is C2H4CaMgO4. The van der Waals surface area contributed by atoms with Crippen LogP contribution in [0.25, 0.3) is 0 Å². The number of hydrogen-bond donors (Lipinski definition) is 2. The van der Waals surface area contributed by atoms with Crippen molar-refractivity contribution in [3.8, 4) is 0 Å². The van der Waals surface area contributed by atoms with Crippen molar-refractivity contribution in [2.24, 2.45) is 0 Å². The van der Waals surface area contributed by atoms with Gasteiger partial charge in [-0.15, -0.1) is 0 Å². The Kier molecular flexibility index (Phi) is 127. The molecule has 0 saturated carbocycles. The van der Waals surface area contributed by atoms with Crippen molar-refractivity contribution in [1.82, 2.24) is 0 Å². The maximum atomic E-state index is 8.24. The molecule has 0 atom stereocenters. The zero-order valence-electron chi connectivity index (χ0n) is 3.42. The molecule has 0 aliphatic heterocycles. The molecule has 0 rings (SSSR count). The van der Waals surface area contributed by atoms with Crippen molar-refractivity contribution in [1.29, 1.82) is 0 Å². The first-order valence-corrected chi connectivity index (χ1v) is 0.855. The molecule has 0 aromatic carbocycles. The Balaban J connectivity index is -0.0000000160. The molecule has 0 aliphatic carbocycles. The van der Waals surface area contributed by atoms with Crippen molar-refractivity contribution in [2.75, 3.05) is 0 Å². The predicted octanol–water partition coefficient (Wildman–Crippen LogP) is -2.07. The van der Waals surface area contributed by atoms with Gasteiger partial charge in [0, 0.05) is 0 Å². The third kappa shape index (κ3) is 266. The number of rotatable bonds is 0. The Labute approximate surface area is 92.4 Å². The summed E-state index contributed by atoms with van der Waals surface area (Å²) in [5.41, 5.74) is 0. The Morgan fingerprint density at radius 3 is 1.00 bits per heavy atom. The fourth-order valence-electron chi connectivity index (χ4n) is 0. The maximum Gasteiger partial charge on any atom is 2.00 e. The topological polar surface area (TPSA) is 74.6 Å². The van der Waals surface area contributed by atoms with Crippen molar-refractivity contribution in [3.63, 3.8) is 0 Å². The average molecular weight is 156 g/mol. The summed E-state index contributed by atoms with van der Waals surface area (Å²) in [7, 11) is 0. The standard InChI is InChI=1S/2CHO2.Ca.Mg.2H/c2*2-1-3;;;;/h2*(H,2,3);;;;/q2*-1;;+2;;. The van der Waals surface area contributed by atoms with Crippen molar-refractivity contribution in [3.05, 3.63) is 0 Å². The molecule has 6 heteroatoms. The maximum absolute atomic E-state index is 8.24. The Bertz CT molecular complexity index is 35.0. The zero-order chi connectivity index (χ0) is 5.41. The molecule has 8 heavy (non-hydrogen) atoms. The molecule has 2 N–H and O–H groups in total. The van der Waals surface area contributed by atoms with Gasteiger partial charge in [0.25, 0.3) is 0 Å². The molecule has 4 nitrogen and oxygen atoms in total. The van der Waals surface area contributed by atoms with E-state index >= 15 is 0 Å². The number of hydrogen-bond acceptors (Lipinski definition) is 2. The summed E-state index contributed by atoms with van der Waals surface area (Å²) < 4.78 is 0. The van der Waals surface area contributed by atoms with Crippen molar-refractivity contribution in [2.45, 2.75) is 0 Å². The van der Waals surface area contributed by atoms with Crippen LogP contribution in [0.4, 0.5) is 0 Å². The van der Waals surface area contributed by atoms with E-state index in [4.69, 9.17) is 19.8 Å². The fourth-order valence-corrected chi connectivity index (χ4v) is 0. The first kappa shape index (κ1) is 23.1.